The first-order chi connectivity index (χ1) is 11.2. The molecular formula is C18H20N2O3. The van der Waals surface area contributed by atoms with E-state index >= 15 is 0 Å². The fraction of sp³-hybridized carbons (Fsp3) is 0.222. The topological polar surface area (TPSA) is 67.4 Å². The molecule has 120 valence electrons. The number of carbonyl (C=O) groups is 2. The molecule has 0 bridgehead atoms. The lowest BCUT2D eigenvalue weighted by molar-refractivity contribution is -0.121. The number of ether oxygens (including phenoxy) is 1. The van der Waals surface area contributed by atoms with E-state index in [0.717, 1.165) is 11.3 Å². The number of hydrogen-bond acceptors (Lipinski definition) is 4. The van der Waals surface area contributed by atoms with Gasteiger partial charge in [0.2, 0.25) is 0 Å². The van der Waals surface area contributed by atoms with Crippen molar-refractivity contribution >= 4 is 17.7 Å². The van der Waals surface area contributed by atoms with E-state index < -0.39 is 18.0 Å². The van der Waals surface area contributed by atoms with E-state index in [9.17, 15) is 9.59 Å². The third-order valence-electron chi connectivity index (χ3n) is 3.28. The molecule has 0 radical (unpaired) electrons. The fourth-order valence-electron chi connectivity index (χ4n) is 2.04. The lowest BCUT2D eigenvalue weighted by Gasteiger charge is -2.17. The zero-order chi connectivity index (χ0) is 16.5. The number of hydrogen-bond donors (Lipinski definition) is 2. The highest BCUT2D eigenvalue weighted by atomic mass is 16.5. The van der Waals surface area contributed by atoms with Gasteiger partial charge in [-0.15, -0.1) is 0 Å². The summed E-state index contributed by atoms with van der Waals surface area (Å²) in [5.74, 6) is -0.408. The molecule has 1 atom stereocenters. The first-order valence-corrected chi connectivity index (χ1v) is 7.52. The number of alkyl carbamates (subject to hydrolysis) is 1. The molecule has 0 heterocycles. The predicted octanol–water partition coefficient (Wildman–Crippen LogP) is 3.33. The van der Waals surface area contributed by atoms with Gasteiger partial charge in [0.1, 0.15) is 12.6 Å². The Morgan fingerprint density at radius 3 is 2.22 bits per heavy atom. The largest absolute Gasteiger partial charge is 0.444 e. The van der Waals surface area contributed by atoms with Crippen LogP contribution < -0.4 is 10.6 Å². The van der Waals surface area contributed by atoms with Crippen molar-refractivity contribution in [2.45, 2.75) is 26.0 Å². The van der Waals surface area contributed by atoms with Crippen LogP contribution in [-0.4, -0.2) is 18.0 Å². The number of benzene rings is 2. The lowest BCUT2D eigenvalue weighted by Crippen LogP contribution is -2.42. The monoisotopic (exact) mass is 312 g/mol. The number of nitrogens with one attached hydrogen (secondary N) is 2. The maximum absolute atomic E-state index is 12.1. The Kier molecular flexibility index (Phi) is 6.17. The van der Waals surface area contributed by atoms with Crippen molar-refractivity contribution in [2.75, 3.05) is 5.32 Å². The van der Waals surface area contributed by atoms with Crippen LogP contribution in [-0.2, 0) is 16.1 Å². The zero-order valence-corrected chi connectivity index (χ0v) is 13.0. The van der Waals surface area contributed by atoms with E-state index in [4.69, 9.17) is 4.74 Å². The maximum atomic E-state index is 12.1. The summed E-state index contributed by atoms with van der Waals surface area (Å²) in [6.45, 7) is 2.00. The van der Waals surface area contributed by atoms with Gasteiger partial charge in [0.15, 0.2) is 0 Å². The van der Waals surface area contributed by atoms with Gasteiger partial charge >= 0.3 is 6.09 Å². The van der Waals surface area contributed by atoms with Gasteiger partial charge in [-0.1, -0.05) is 55.5 Å². The normalized spacial score (nSPS) is 11.3. The second-order valence-electron chi connectivity index (χ2n) is 5.02. The summed E-state index contributed by atoms with van der Waals surface area (Å²) < 4.78 is 5.04. The Morgan fingerprint density at radius 1 is 1.00 bits per heavy atom. The molecule has 2 amide bonds. The minimum absolute atomic E-state index is 0.128. The van der Waals surface area contributed by atoms with Gasteiger partial charge in [-0.2, -0.15) is 0 Å². The summed E-state index contributed by atoms with van der Waals surface area (Å²) in [5.41, 5.74) is 1.69. The van der Waals surface area contributed by atoms with Crippen LogP contribution in [0.1, 0.15) is 18.9 Å². The molecule has 0 saturated carbocycles. The molecule has 0 fully saturated rings. The van der Waals surface area contributed by atoms with Gasteiger partial charge in [-0.25, -0.2) is 4.79 Å². The number of carbonyl (C=O) groups excluding carboxylic acids is 2. The summed E-state index contributed by atoms with van der Waals surface area (Å²) in [6.07, 6.45) is -0.195. The zero-order valence-electron chi connectivity index (χ0n) is 13.0. The number of anilines is 1. The SMILES string of the molecule is CC[C@H](Nc1ccccc1)C(=O)NC(=O)OCc1ccccc1. The average molecular weight is 312 g/mol. The standard InChI is InChI=1S/C18H20N2O3/c1-2-16(19-15-11-7-4-8-12-15)17(21)20-18(22)23-13-14-9-5-3-6-10-14/h3-12,16,19H,2,13H2,1H3,(H,20,21,22)/t16-/m0/s1. The van der Waals surface area contributed by atoms with Crippen LogP contribution in [0.4, 0.5) is 10.5 Å². The average Bonchev–Trinajstić information content (AvgIpc) is 2.59. The van der Waals surface area contributed by atoms with Gasteiger partial charge in [0, 0.05) is 5.69 Å². The molecule has 0 saturated heterocycles. The number of imide groups is 1. The van der Waals surface area contributed by atoms with Gasteiger partial charge < -0.3 is 10.1 Å². The predicted molar refractivity (Wildman–Crippen MR) is 88.9 cm³/mol. The van der Waals surface area contributed by atoms with Crippen molar-refractivity contribution in [1.29, 1.82) is 0 Å². The first-order valence-electron chi connectivity index (χ1n) is 7.52. The summed E-state index contributed by atoms with van der Waals surface area (Å²) >= 11 is 0. The van der Waals surface area contributed by atoms with Gasteiger partial charge in [-0.3, -0.25) is 10.1 Å². The van der Waals surface area contributed by atoms with Crippen molar-refractivity contribution in [2.24, 2.45) is 0 Å². The van der Waals surface area contributed by atoms with Gasteiger partial charge in [0.25, 0.3) is 5.91 Å². The van der Waals surface area contributed by atoms with Crippen molar-refractivity contribution in [3.05, 3.63) is 66.2 Å². The number of para-hydroxylation sites is 1. The van der Waals surface area contributed by atoms with E-state index in [-0.39, 0.29) is 6.61 Å². The molecule has 5 nitrogen and oxygen atoms in total. The second-order valence-corrected chi connectivity index (χ2v) is 5.02. The van der Waals surface area contributed by atoms with E-state index in [0.29, 0.717) is 6.42 Å². The second kappa shape index (κ2) is 8.58. The number of rotatable bonds is 6. The van der Waals surface area contributed by atoms with Crippen LogP contribution in [0.5, 0.6) is 0 Å². The third kappa shape index (κ3) is 5.47. The Hall–Kier alpha value is -2.82. The van der Waals surface area contributed by atoms with E-state index in [1.165, 1.54) is 0 Å². The molecule has 2 aromatic carbocycles. The fourth-order valence-corrected chi connectivity index (χ4v) is 2.04. The molecule has 5 heteroatoms. The number of amides is 2. The molecule has 2 rings (SSSR count). The molecular weight excluding hydrogens is 292 g/mol. The molecule has 2 N–H and O–H groups in total. The van der Waals surface area contributed by atoms with Crippen LogP contribution in [0.15, 0.2) is 60.7 Å². The highest BCUT2D eigenvalue weighted by molar-refractivity contribution is 5.96. The molecule has 23 heavy (non-hydrogen) atoms. The van der Waals surface area contributed by atoms with Crippen molar-refractivity contribution in [1.82, 2.24) is 5.32 Å². The minimum Gasteiger partial charge on any atom is -0.444 e. The highest BCUT2D eigenvalue weighted by Gasteiger charge is 2.19. The van der Waals surface area contributed by atoms with Crippen LogP contribution >= 0.6 is 0 Å². The summed E-state index contributed by atoms with van der Waals surface area (Å²) in [7, 11) is 0. The van der Waals surface area contributed by atoms with Crippen molar-refractivity contribution in [3.8, 4) is 0 Å². The first kappa shape index (κ1) is 16.5. The summed E-state index contributed by atoms with van der Waals surface area (Å²) in [4.78, 5) is 23.8. The van der Waals surface area contributed by atoms with Gasteiger partial charge in [-0.05, 0) is 24.1 Å². The Labute approximate surface area is 135 Å². The van der Waals surface area contributed by atoms with Crippen molar-refractivity contribution in [3.63, 3.8) is 0 Å². The quantitative estimate of drug-likeness (QED) is 0.858. The molecule has 0 aliphatic carbocycles. The molecule has 0 aromatic heterocycles. The van der Waals surface area contributed by atoms with Crippen LogP contribution in [0.3, 0.4) is 0 Å². The Bertz CT molecular complexity index is 629. The highest BCUT2D eigenvalue weighted by Crippen LogP contribution is 2.09. The smallest absolute Gasteiger partial charge is 0.414 e. The molecule has 0 aliphatic heterocycles. The van der Waals surface area contributed by atoms with Crippen LogP contribution in [0.25, 0.3) is 0 Å². The van der Waals surface area contributed by atoms with E-state index in [1.54, 1.807) is 0 Å². The van der Waals surface area contributed by atoms with E-state index in [2.05, 4.69) is 10.6 Å². The lowest BCUT2D eigenvalue weighted by atomic mass is 10.2. The minimum atomic E-state index is -0.743. The Balaban J connectivity index is 1.82. The van der Waals surface area contributed by atoms with Crippen LogP contribution in [0.2, 0.25) is 0 Å². The molecule has 2 aromatic rings. The molecule has 0 spiro atoms. The van der Waals surface area contributed by atoms with Crippen molar-refractivity contribution < 1.29 is 14.3 Å². The van der Waals surface area contributed by atoms with Crippen LogP contribution in [0, 0.1) is 0 Å². The molecule has 0 aliphatic rings. The Morgan fingerprint density at radius 2 is 1.61 bits per heavy atom. The third-order valence-corrected chi connectivity index (χ3v) is 3.28. The van der Waals surface area contributed by atoms with E-state index in [1.807, 2.05) is 67.6 Å². The summed E-state index contributed by atoms with van der Waals surface area (Å²) in [6, 6.07) is 18.2. The molecule has 0 unspecified atom stereocenters. The maximum Gasteiger partial charge on any atom is 0.414 e. The van der Waals surface area contributed by atoms with Gasteiger partial charge in [0.05, 0.1) is 0 Å². The summed E-state index contributed by atoms with van der Waals surface area (Å²) in [5, 5.41) is 5.35.